The molecule has 51 heavy (non-hydrogen) atoms. The summed E-state index contributed by atoms with van der Waals surface area (Å²) < 4.78 is 32.6. The van der Waals surface area contributed by atoms with Crippen LogP contribution in [0, 0.1) is 0 Å². The van der Waals surface area contributed by atoms with Crippen LogP contribution in [0.5, 0.6) is 0 Å². The molecule has 0 heterocycles. The molecule has 9 nitrogen and oxygen atoms in total. The van der Waals surface area contributed by atoms with Gasteiger partial charge in [-0.25, -0.2) is 4.57 Å². The third-order valence-corrected chi connectivity index (χ3v) is 9.17. The first kappa shape index (κ1) is 49.0. The van der Waals surface area contributed by atoms with Crippen molar-refractivity contribution in [3.05, 3.63) is 48.6 Å². The van der Waals surface area contributed by atoms with Crippen molar-refractivity contribution in [2.75, 3.05) is 26.4 Å². The van der Waals surface area contributed by atoms with E-state index in [0.717, 1.165) is 64.2 Å². The van der Waals surface area contributed by atoms with Gasteiger partial charge in [0.1, 0.15) is 6.61 Å². The minimum absolute atomic E-state index is 0.0452. The summed E-state index contributed by atoms with van der Waals surface area (Å²) in [6.07, 6.45) is 41.4. The smallest absolute Gasteiger partial charge is 0.462 e. The Morgan fingerprint density at radius 1 is 0.588 bits per heavy atom. The number of esters is 2. The Balaban J connectivity index is 4.28. The molecular formula is C41H74NO8P. The van der Waals surface area contributed by atoms with Crippen molar-refractivity contribution in [1.82, 2.24) is 0 Å². The second kappa shape index (κ2) is 37.7. The molecule has 10 heteroatoms. The van der Waals surface area contributed by atoms with Crippen LogP contribution in [0.4, 0.5) is 0 Å². The number of hydrogen-bond donors (Lipinski definition) is 2. The maximum Gasteiger partial charge on any atom is 0.472 e. The predicted octanol–water partition coefficient (Wildman–Crippen LogP) is 11.2. The largest absolute Gasteiger partial charge is 0.472 e. The van der Waals surface area contributed by atoms with E-state index in [4.69, 9.17) is 24.3 Å². The lowest BCUT2D eigenvalue weighted by atomic mass is 10.1. The number of allylic oxidation sites excluding steroid dienone is 8. The molecular weight excluding hydrogens is 665 g/mol. The molecule has 3 N–H and O–H groups in total. The van der Waals surface area contributed by atoms with Crippen molar-refractivity contribution in [3.63, 3.8) is 0 Å². The normalized spacial score (nSPS) is 13.9. The van der Waals surface area contributed by atoms with Crippen molar-refractivity contribution in [1.29, 1.82) is 0 Å². The summed E-state index contributed by atoms with van der Waals surface area (Å²) >= 11 is 0. The highest BCUT2D eigenvalue weighted by molar-refractivity contribution is 7.47. The summed E-state index contributed by atoms with van der Waals surface area (Å²) in [7, 11) is -4.38. The number of nitrogens with two attached hydrogens (primary N) is 1. The third-order valence-electron chi connectivity index (χ3n) is 8.19. The Labute approximate surface area is 311 Å². The molecule has 0 fully saturated rings. The van der Waals surface area contributed by atoms with Crippen LogP contribution in [0.1, 0.15) is 168 Å². The van der Waals surface area contributed by atoms with Gasteiger partial charge in [-0.05, 0) is 77.0 Å². The second-order valence-electron chi connectivity index (χ2n) is 13.1. The molecule has 0 amide bonds. The molecule has 296 valence electrons. The monoisotopic (exact) mass is 740 g/mol. The van der Waals surface area contributed by atoms with Crippen LogP contribution in [-0.4, -0.2) is 49.3 Å². The molecule has 0 saturated carbocycles. The first-order valence-corrected chi connectivity index (χ1v) is 21.6. The van der Waals surface area contributed by atoms with Gasteiger partial charge < -0.3 is 20.1 Å². The zero-order chi connectivity index (χ0) is 37.5. The van der Waals surface area contributed by atoms with Gasteiger partial charge >= 0.3 is 19.8 Å². The Bertz CT molecular complexity index is 981. The van der Waals surface area contributed by atoms with Crippen molar-refractivity contribution >= 4 is 19.8 Å². The number of phosphoric acid groups is 1. The van der Waals surface area contributed by atoms with Crippen molar-refractivity contribution < 1.29 is 37.6 Å². The molecule has 0 radical (unpaired) electrons. The standard InChI is InChI=1S/C41H74NO8P/c1-3-5-7-9-11-13-15-17-19-21-23-25-27-29-31-33-40(43)47-37-39(38-49-51(45,46)48-36-35-42)50-41(44)34-32-30-28-26-24-22-20-18-16-14-12-10-8-6-4-2/h12-15,18,20,24,26,39H,3-11,16-17,19,21-23,25,27-38,42H2,1-2H3,(H,45,46)/b14-12-,15-13-,20-18-,26-24-/t39-/m1/s1. The third kappa shape index (κ3) is 37.5. The highest BCUT2D eigenvalue weighted by Gasteiger charge is 2.25. The quantitative estimate of drug-likeness (QED) is 0.0276. The molecule has 0 rings (SSSR count). The number of phosphoric ester groups is 1. The van der Waals surface area contributed by atoms with Crippen molar-refractivity contribution in [3.8, 4) is 0 Å². The lowest BCUT2D eigenvalue weighted by Crippen LogP contribution is -2.29. The molecule has 0 aliphatic heterocycles. The fourth-order valence-corrected chi connectivity index (χ4v) is 5.93. The van der Waals surface area contributed by atoms with E-state index in [0.29, 0.717) is 6.42 Å². The molecule has 1 unspecified atom stereocenters. The zero-order valence-electron chi connectivity index (χ0n) is 32.3. The molecule has 0 aliphatic rings. The van der Waals surface area contributed by atoms with Crippen molar-refractivity contribution in [2.24, 2.45) is 5.73 Å². The van der Waals surface area contributed by atoms with Gasteiger partial charge in [-0.2, -0.15) is 0 Å². The summed E-state index contributed by atoms with van der Waals surface area (Å²) in [4.78, 5) is 34.7. The lowest BCUT2D eigenvalue weighted by molar-refractivity contribution is -0.161. The minimum Gasteiger partial charge on any atom is -0.462 e. The topological polar surface area (TPSA) is 134 Å². The number of hydrogen-bond acceptors (Lipinski definition) is 8. The number of ether oxygens (including phenoxy) is 2. The maximum atomic E-state index is 12.5. The average Bonchev–Trinajstić information content (AvgIpc) is 3.11. The minimum atomic E-state index is -4.38. The number of carbonyl (C=O) groups excluding carboxylic acids is 2. The summed E-state index contributed by atoms with van der Waals surface area (Å²) in [6, 6.07) is 0. The fraction of sp³-hybridized carbons (Fsp3) is 0.756. The van der Waals surface area contributed by atoms with E-state index in [1.807, 2.05) is 0 Å². The van der Waals surface area contributed by atoms with E-state index in [9.17, 15) is 19.0 Å². The number of rotatable bonds is 37. The Kier molecular flexibility index (Phi) is 36.2. The summed E-state index contributed by atoms with van der Waals surface area (Å²) in [6.45, 7) is 3.63. The first-order valence-electron chi connectivity index (χ1n) is 20.1. The van der Waals surface area contributed by atoms with Crippen LogP contribution >= 0.6 is 7.82 Å². The van der Waals surface area contributed by atoms with Crippen LogP contribution in [0.2, 0.25) is 0 Å². The van der Waals surface area contributed by atoms with Gasteiger partial charge in [0.05, 0.1) is 13.2 Å². The van der Waals surface area contributed by atoms with Crippen LogP contribution in [0.25, 0.3) is 0 Å². The average molecular weight is 740 g/mol. The van der Waals surface area contributed by atoms with Gasteiger partial charge in [0.2, 0.25) is 0 Å². The highest BCUT2D eigenvalue weighted by Crippen LogP contribution is 2.43. The Morgan fingerprint density at radius 2 is 1.02 bits per heavy atom. The summed E-state index contributed by atoms with van der Waals surface area (Å²) in [5, 5.41) is 0. The fourth-order valence-electron chi connectivity index (χ4n) is 5.16. The van der Waals surface area contributed by atoms with Crippen LogP contribution in [0.15, 0.2) is 48.6 Å². The van der Waals surface area contributed by atoms with Gasteiger partial charge in [-0.1, -0.05) is 127 Å². The number of carbonyl (C=O) groups is 2. The Morgan fingerprint density at radius 3 is 1.61 bits per heavy atom. The van der Waals surface area contributed by atoms with Crippen molar-refractivity contribution in [2.45, 2.75) is 174 Å². The molecule has 0 spiro atoms. The van der Waals surface area contributed by atoms with Crippen LogP contribution < -0.4 is 5.73 Å². The summed E-state index contributed by atoms with van der Waals surface area (Å²) in [5.41, 5.74) is 5.33. The van der Waals surface area contributed by atoms with Gasteiger partial charge in [-0.3, -0.25) is 18.6 Å². The zero-order valence-corrected chi connectivity index (χ0v) is 33.2. The van der Waals surface area contributed by atoms with Gasteiger partial charge in [0.15, 0.2) is 6.10 Å². The first-order chi connectivity index (χ1) is 24.8. The van der Waals surface area contributed by atoms with E-state index in [2.05, 4.69) is 62.5 Å². The molecule has 0 aromatic rings. The molecule has 0 saturated heterocycles. The van der Waals surface area contributed by atoms with E-state index in [1.165, 1.54) is 70.6 Å². The van der Waals surface area contributed by atoms with Gasteiger partial charge in [0.25, 0.3) is 0 Å². The van der Waals surface area contributed by atoms with Crippen LogP contribution in [0.3, 0.4) is 0 Å². The molecule has 0 bridgehead atoms. The summed E-state index contributed by atoms with van der Waals surface area (Å²) in [5.74, 6) is -0.881. The number of unbranched alkanes of at least 4 members (excludes halogenated alkanes) is 16. The van der Waals surface area contributed by atoms with E-state index < -0.39 is 32.5 Å². The van der Waals surface area contributed by atoms with E-state index in [1.54, 1.807) is 0 Å². The lowest BCUT2D eigenvalue weighted by Gasteiger charge is -2.19. The Hall–Kier alpha value is -2.03. The van der Waals surface area contributed by atoms with Gasteiger partial charge in [0, 0.05) is 19.4 Å². The van der Waals surface area contributed by atoms with E-state index in [-0.39, 0.29) is 32.6 Å². The van der Waals surface area contributed by atoms with E-state index >= 15 is 0 Å². The molecule has 0 aliphatic carbocycles. The molecule has 0 aromatic carbocycles. The SMILES string of the molecule is CCCCC/C=C\C/C=C\C/C=C\CCCCC(=O)O[C@H](COC(=O)CCCCCCCCC/C=C\CCCCCC)COP(=O)(O)OCCN. The predicted molar refractivity (Wildman–Crippen MR) is 210 cm³/mol. The van der Waals surface area contributed by atoms with Crippen LogP contribution in [-0.2, 0) is 32.7 Å². The maximum absolute atomic E-state index is 12.5. The molecule has 2 atom stereocenters. The molecule has 0 aromatic heterocycles. The second-order valence-corrected chi connectivity index (χ2v) is 14.6. The van der Waals surface area contributed by atoms with Gasteiger partial charge in [-0.15, -0.1) is 0 Å². The highest BCUT2D eigenvalue weighted by atomic mass is 31.2.